The van der Waals surface area contributed by atoms with E-state index in [0.29, 0.717) is 28.3 Å². The minimum atomic E-state index is -5.84. The van der Waals surface area contributed by atoms with Gasteiger partial charge in [0.25, 0.3) is 5.91 Å². The van der Waals surface area contributed by atoms with Crippen LogP contribution in [0.25, 0.3) is 28.2 Å². The van der Waals surface area contributed by atoms with Crippen molar-refractivity contribution in [1.29, 1.82) is 0 Å². The Bertz CT molecular complexity index is 1710. The Morgan fingerprint density at radius 2 is 1.45 bits per heavy atom. The first kappa shape index (κ1) is 28.5. The van der Waals surface area contributed by atoms with Crippen molar-refractivity contribution in [3.8, 4) is 34.0 Å². The molecule has 5 rings (SSSR count). The van der Waals surface area contributed by atoms with E-state index in [1.165, 1.54) is 23.1 Å². The van der Waals surface area contributed by atoms with Gasteiger partial charge in [-0.05, 0) is 96.8 Å². The molecule has 0 saturated carbocycles. The van der Waals surface area contributed by atoms with Gasteiger partial charge < -0.3 is 10.1 Å². The molecule has 214 valence electrons. The predicted octanol–water partition coefficient (Wildman–Crippen LogP) is 8.00. The number of amides is 1. The van der Waals surface area contributed by atoms with Crippen molar-refractivity contribution < 1.29 is 31.5 Å². The van der Waals surface area contributed by atoms with Gasteiger partial charge in [-0.1, -0.05) is 30.3 Å². The molecule has 0 saturated heterocycles. The fourth-order valence-electron chi connectivity index (χ4n) is 4.38. The lowest BCUT2D eigenvalue weighted by Crippen LogP contribution is -2.41. The number of carbonyl (C=O) groups excluding carboxylic acids is 1. The summed E-state index contributed by atoms with van der Waals surface area (Å²) in [5.74, 6) is -0.590. The molecule has 0 unspecified atom stereocenters. The van der Waals surface area contributed by atoms with Crippen molar-refractivity contribution in [3.05, 3.63) is 114 Å². The molecular formula is C31H23F5N4O2. The molecule has 0 aliphatic carbocycles. The number of hydrogen-bond acceptors (Lipinski definition) is 4. The molecule has 6 nitrogen and oxygen atoms in total. The highest BCUT2D eigenvalue weighted by Crippen LogP contribution is 2.37. The van der Waals surface area contributed by atoms with Gasteiger partial charge in [-0.25, -0.2) is 9.67 Å². The standard InChI is InChI=1S/C31H23F5N4O2/c1-19-5-3-6-20(2)27(19)22-7-4-8-23(17-22)29(41)38-24-11-9-21(10-12-24)28-37-18-40(39-28)25-13-15-26(16-14-25)42-31(35,36)30(32,33)34/h3-18H,1-2H3,(H,38,41). The number of benzene rings is 4. The van der Waals surface area contributed by atoms with Crippen LogP contribution in [0, 0.1) is 13.8 Å². The summed E-state index contributed by atoms with van der Waals surface area (Å²) < 4.78 is 68.5. The third-order valence-corrected chi connectivity index (χ3v) is 6.46. The number of alkyl halides is 5. The second-order valence-electron chi connectivity index (χ2n) is 9.50. The van der Waals surface area contributed by atoms with Gasteiger partial charge in [0, 0.05) is 16.8 Å². The molecule has 0 atom stereocenters. The molecule has 0 bridgehead atoms. The Kier molecular flexibility index (Phi) is 7.51. The normalized spacial score (nSPS) is 11.8. The van der Waals surface area contributed by atoms with E-state index < -0.39 is 18.0 Å². The zero-order valence-electron chi connectivity index (χ0n) is 22.3. The lowest BCUT2D eigenvalue weighted by molar-refractivity contribution is -0.360. The number of carbonyl (C=O) groups is 1. The fourth-order valence-corrected chi connectivity index (χ4v) is 4.38. The van der Waals surface area contributed by atoms with Crippen LogP contribution in [0.15, 0.2) is 97.3 Å². The van der Waals surface area contributed by atoms with E-state index in [0.717, 1.165) is 34.4 Å². The molecule has 11 heteroatoms. The summed E-state index contributed by atoms with van der Waals surface area (Å²) >= 11 is 0. The van der Waals surface area contributed by atoms with E-state index in [-0.39, 0.29) is 5.91 Å². The summed E-state index contributed by atoms with van der Waals surface area (Å²) in [6, 6.07) is 24.8. The highest BCUT2D eigenvalue weighted by molar-refractivity contribution is 6.05. The van der Waals surface area contributed by atoms with Crippen molar-refractivity contribution >= 4 is 11.6 Å². The van der Waals surface area contributed by atoms with E-state index in [1.54, 1.807) is 30.3 Å². The van der Waals surface area contributed by atoms with Crippen LogP contribution in [-0.4, -0.2) is 33.0 Å². The zero-order chi connectivity index (χ0) is 30.1. The quantitative estimate of drug-likeness (QED) is 0.199. The Hall–Kier alpha value is -5.06. The largest absolute Gasteiger partial charge is 0.499 e. The van der Waals surface area contributed by atoms with Crippen LogP contribution < -0.4 is 10.1 Å². The average molecular weight is 579 g/mol. The summed E-state index contributed by atoms with van der Waals surface area (Å²) in [6.07, 6.45) is -9.78. The Balaban J connectivity index is 1.26. The number of hydrogen-bond donors (Lipinski definition) is 1. The number of rotatable bonds is 7. The number of nitrogens with one attached hydrogen (secondary N) is 1. The topological polar surface area (TPSA) is 69.0 Å². The van der Waals surface area contributed by atoms with Crippen LogP contribution in [0.2, 0.25) is 0 Å². The predicted molar refractivity (Wildman–Crippen MR) is 148 cm³/mol. The van der Waals surface area contributed by atoms with Crippen LogP contribution in [-0.2, 0) is 0 Å². The second-order valence-corrected chi connectivity index (χ2v) is 9.50. The fraction of sp³-hybridized carbons (Fsp3) is 0.129. The minimum absolute atomic E-state index is 0.265. The third kappa shape index (κ3) is 5.99. The molecule has 0 aliphatic heterocycles. The molecule has 1 heterocycles. The van der Waals surface area contributed by atoms with Crippen LogP contribution in [0.1, 0.15) is 21.5 Å². The van der Waals surface area contributed by atoms with Crippen LogP contribution in [0.5, 0.6) is 5.75 Å². The molecule has 1 aromatic heterocycles. The number of ether oxygens (including phenoxy) is 1. The van der Waals surface area contributed by atoms with Gasteiger partial charge in [-0.2, -0.15) is 22.0 Å². The van der Waals surface area contributed by atoms with Crippen LogP contribution in [0.3, 0.4) is 0 Å². The van der Waals surface area contributed by atoms with Crippen molar-refractivity contribution in [3.63, 3.8) is 0 Å². The van der Waals surface area contributed by atoms with Crippen molar-refractivity contribution in [2.24, 2.45) is 0 Å². The summed E-state index contributed by atoms with van der Waals surface area (Å²) in [5.41, 5.74) is 6.36. The number of anilines is 1. The van der Waals surface area contributed by atoms with Gasteiger partial charge >= 0.3 is 12.3 Å². The van der Waals surface area contributed by atoms with Crippen molar-refractivity contribution in [2.45, 2.75) is 26.1 Å². The van der Waals surface area contributed by atoms with Gasteiger partial charge in [-0.3, -0.25) is 4.79 Å². The number of nitrogens with zero attached hydrogens (tertiary/aromatic N) is 3. The monoisotopic (exact) mass is 578 g/mol. The lowest BCUT2D eigenvalue weighted by atomic mass is 9.94. The number of aryl methyl sites for hydroxylation is 2. The minimum Gasteiger partial charge on any atom is -0.426 e. The first-order chi connectivity index (χ1) is 19.9. The molecule has 4 aromatic carbocycles. The summed E-state index contributed by atoms with van der Waals surface area (Å²) in [6.45, 7) is 4.07. The lowest BCUT2D eigenvalue weighted by Gasteiger charge is -2.20. The summed E-state index contributed by atoms with van der Waals surface area (Å²) in [5, 5.41) is 7.22. The highest BCUT2D eigenvalue weighted by atomic mass is 19.4. The Labute approximate surface area is 237 Å². The van der Waals surface area contributed by atoms with E-state index >= 15 is 0 Å². The van der Waals surface area contributed by atoms with Gasteiger partial charge in [-0.15, -0.1) is 5.10 Å². The van der Waals surface area contributed by atoms with Crippen LogP contribution >= 0.6 is 0 Å². The van der Waals surface area contributed by atoms with E-state index in [9.17, 15) is 26.7 Å². The van der Waals surface area contributed by atoms with Gasteiger partial charge in [0.05, 0.1) is 5.69 Å². The Morgan fingerprint density at radius 3 is 2.10 bits per heavy atom. The first-order valence-electron chi connectivity index (χ1n) is 12.7. The van der Waals surface area contributed by atoms with Crippen molar-refractivity contribution in [1.82, 2.24) is 14.8 Å². The van der Waals surface area contributed by atoms with E-state index in [2.05, 4.69) is 20.1 Å². The maximum absolute atomic E-state index is 13.1. The zero-order valence-corrected chi connectivity index (χ0v) is 22.3. The molecular weight excluding hydrogens is 555 g/mol. The maximum atomic E-state index is 13.1. The molecule has 1 N–H and O–H groups in total. The molecule has 0 spiro atoms. The second kappa shape index (κ2) is 11.1. The van der Waals surface area contributed by atoms with Gasteiger partial charge in [0.15, 0.2) is 5.82 Å². The molecule has 42 heavy (non-hydrogen) atoms. The average Bonchev–Trinajstić information content (AvgIpc) is 3.44. The summed E-state index contributed by atoms with van der Waals surface area (Å²) in [7, 11) is 0. The van der Waals surface area contributed by atoms with E-state index in [4.69, 9.17) is 0 Å². The van der Waals surface area contributed by atoms with Crippen LogP contribution in [0.4, 0.5) is 27.6 Å². The number of halogens is 5. The molecule has 5 aromatic rings. The first-order valence-corrected chi connectivity index (χ1v) is 12.7. The number of aromatic nitrogens is 3. The summed E-state index contributed by atoms with van der Waals surface area (Å²) in [4.78, 5) is 17.2. The van der Waals surface area contributed by atoms with E-state index in [1.807, 2.05) is 50.2 Å². The SMILES string of the molecule is Cc1cccc(C)c1-c1cccc(C(=O)Nc2ccc(-c3ncn(-c4ccc(OC(F)(F)C(F)(F)F)cc4)n3)cc2)c1. The molecule has 0 fully saturated rings. The van der Waals surface area contributed by atoms with Gasteiger partial charge in [0.2, 0.25) is 0 Å². The Morgan fingerprint density at radius 1 is 0.810 bits per heavy atom. The molecule has 1 amide bonds. The third-order valence-electron chi connectivity index (χ3n) is 6.46. The smallest absolute Gasteiger partial charge is 0.426 e. The molecule has 0 aliphatic rings. The maximum Gasteiger partial charge on any atom is 0.499 e. The highest BCUT2D eigenvalue weighted by Gasteiger charge is 2.61. The van der Waals surface area contributed by atoms with Gasteiger partial charge in [0.1, 0.15) is 12.1 Å². The molecule has 0 radical (unpaired) electrons. The van der Waals surface area contributed by atoms with Crippen molar-refractivity contribution in [2.75, 3.05) is 5.32 Å².